The number of esters is 1. The Morgan fingerprint density at radius 1 is 1.02 bits per heavy atom. The van der Waals surface area contributed by atoms with Gasteiger partial charge in [-0.05, 0) is 63.1 Å². The molecule has 4 aromatic rings. The molecule has 0 N–H and O–H groups in total. The van der Waals surface area contributed by atoms with Crippen LogP contribution in [0.1, 0.15) is 64.9 Å². The van der Waals surface area contributed by atoms with E-state index < -0.39 is 24.2 Å². The number of aromatic nitrogens is 3. The molecule has 0 radical (unpaired) electrons. The number of fused-ring (bicyclic) bond motifs is 5. The summed E-state index contributed by atoms with van der Waals surface area (Å²) in [5, 5.41) is 2.09. The number of amides is 1. The van der Waals surface area contributed by atoms with Crippen molar-refractivity contribution in [1.29, 1.82) is 0 Å². The zero-order chi connectivity index (χ0) is 36.1. The van der Waals surface area contributed by atoms with E-state index in [4.69, 9.17) is 30.6 Å². The molecule has 4 aliphatic heterocycles. The summed E-state index contributed by atoms with van der Waals surface area (Å²) in [6.07, 6.45) is 11.8. The first-order valence-electron chi connectivity index (χ1n) is 18.3. The van der Waals surface area contributed by atoms with Crippen LogP contribution in [-0.4, -0.2) is 93.5 Å². The number of benzene rings is 2. The average molecular weight is 707 g/mol. The molecule has 4 fully saturated rings. The Bertz CT molecular complexity index is 2070. The van der Waals surface area contributed by atoms with Crippen LogP contribution < -0.4 is 9.64 Å². The van der Waals surface area contributed by atoms with Gasteiger partial charge >= 0.3 is 18.1 Å². The topological polar surface area (TPSA) is 110 Å². The van der Waals surface area contributed by atoms with Gasteiger partial charge in [0.25, 0.3) is 0 Å². The number of halogens is 1. The van der Waals surface area contributed by atoms with Gasteiger partial charge in [0.05, 0.1) is 28.9 Å². The highest BCUT2D eigenvalue weighted by Crippen LogP contribution is 2.41. The molecule has 4 aliphatic rings. The molecular formula is C40H43FN6O5. The summed E-state index contributed by atoms with van der Waals surface area (Å²) >= 11 is 0. The van der Waals surface area contributed by atoms with Crippen molar-refractivity contribution in [2.24, 2.45) is 5.92 Å². The number of hydrogen-bond acceptors (Lipinski definition) is 10. The number of pyridine rings is 1. The van der Waals surface area contributed by atoms with E-state index >= 15 is 4.39 Å². The monoisotopic (exact) mass is 706 g/mol. The normalized spacial score (nSPS) is 21.4. The lowest BCUT2D eigenvalue weighted by Crippen LogP contribution is -2.56. The SMILES string of the molecule is C#Cc1cccc2cccc(-c3ncc4c(N5CC6CCC(C5)N6C(=O)OC(C)OC(=O)C(C)C)nc(OCC56CCCN5CCC6)nc4c3F)c12. The first-order valence-corrected chi connectivity index (χ1v) is 18.3. The van der Waals surface area contributed by atoms with E-state index in [0.717, 1.165) is 62.4 Å². The Balaban J connectivity index is 1.15. The molecule has 2 bridgehead atoms. The molecule has 12 heteroatoms. The van der Waals surface area contributed by atoms with E-state index in [2.05, 4.69) is 20.7 Å². The molecular weight excluding hydrogens is 663 g/mol. The van der Waals surface area contributed by atoms with Crippen molar-refractivity contribution in [3.63, 3.8) is 0 Å². The molecule has 4 saturated heterocycles. The van der Waals surface area contributed by atoms with Crippen LogP contribution in [0.4, 0.5) is 15.0 Å². The fourth-order valence-electron chi connectivity index (χ4n) is 8.73. The number of nitrogens with zero attached hydrogens (tertiary/aromatic N) is 6. The minimum atomic E-state index is -1.01. The lowest BCUT2D eigenvalue weighted by atomic mass is 9.95. The fourth-order valence-corrected chi connectivity index (χ4v) is 8.73. The Kier molecular flexibility index (Phi) is 8.86. The van der Waals surface area contributed by atoms with E-state index in [1.165, 1.54) is 0 Å². The second-order valence-electron chi connectivity index (χ2n) is 14.8. The third-order valence-corrected chi connectivity index (χ3v) is 11.3. The van der Waals surface area contributed by atoms with Gasteiger partial charge in [-0.25, -0.2) is 9.18 Å². The number of carbonyl (C=O) groups excluding carboxylic acids is 2. The van der Waals surface area contributed by atoms with E-state index in [0.29, 0.717) is 42.0 Å². The van der Waals surface area contributed by atoms with Crippen LogP contribution in [0.15, 0.2) is 42.6 Å². The quantitative estimate of drug-likeness (QED) is 0.118. The molecule has 0 spiro atoms. The molecule has 11 nitrogen and oxygen atoms in total. The highest BCUT2D eigenvalue weighted by molar-refractivity contribution is 6.02. The molecule has 8 rings (SSSR count). The standard InChI is InChI=1S/C40H43FN6O5/c1-5-26-10-6-11-27-12-7-13-30(32(26)27)34-33(41)35-31(20-42-34)36(44-38(43-35)50-23-40-16-8-18-46(40)19-9-17-40)45-21-28-14-15-29(22-45)47(28)39(49)52-25(4)51-37(48)24(2)3/h1,6-7,10-13,20,24-25,28-29H,8-9,14-19,21-23H2,2-4H3. The number of ether oxygens (including phenoxy) is 3. The largest absolute Gasteiger partial charge is 0.461 e. The molecule has 3 atom stereocenters. The fraction of sp³-hybridized carbons (Fsp3) is 0.475. The number of piperazine rings is 1. The summed E-state index contributed by atoms with van der Waals surface area (Å²) in [5.41, 5.74) is 1.44. The summed E-state index contributed by atoms with van der Waals surface area (Å²) in [6.45, 7) is 8.40. The van der Waals surface area contributed by atoms with Gasteiger partial charge in [-0.15, -0.1) is 6.42 Å². The molecule has 0 aliphatic carbocycles. The van der Waals surface area contributed by atoms with E-state index in [1.807, 2.05) is 36.4 Å². The summed E-state index contributed by atoms with van der Waals surface area (Å²) in [5.74, 6) is 1.90. The maximum atomic E-state index is 17.0. The van der Waals surface area contributed by atoms with Crippen LogP contribution in [0.5, 0.6) is 6.01 Å². The number of hydrogen-bond donors (Lipinski definition) is 0. The first kappa shape index (κ1) is 34.1. The lowest BCUT2D eigenvalue weighted by molar-refractivity contribution is -0.170. The van der Waals surface area contributed by atoms with Gasteiger partial charge in [-0.2, -0.15) is 9.97 Å². The van der Waals surface area contributed by atoms with Crippen molar-refractivity contribution in [1.82, 2.24) is 24.8 Å². The number of rotatable bonds is 8. The maximum absolute atomic E-state index is 17.0. The van der Waals surface area contributed by atoms with Gasteiger partial charge in [0.1, 0.15) is 23.6 Å². The maximum Gasteiger partial charge on any atom is 0.413 e. The first-order chi connectivity index (χ1) is 25.2. The summed E-state index contributed by atoms with van der Waals surface area (Å²) in [7, 11) is 0. The van der Waals surface area contributed by atoms with Crippen molar-refractivity contribution in [3.8, 4) is 29.6 Å². The van der Waals surface area contributed by atoms with Crippen molar-refractivity contribution >= 4 is 39.6 Å². The molecule has 2 aromatic heterocycles. The van der Waals surface area contributed by atoms with Crippen molar-refractivity contribution < 1.29 is 28.2 Å². The second-order valence-corrected chi connectivity index (χ2v) is 14.8. The number of anilines is 1. The Labute approximate surface area is 302 Å². The van der Waals surface area contributed by atoms with Crippen LogP contribution in [0.2, 0.25) is 0 Å². The van der Waals surface area contributed by atoms with E-state index in [1.54, 1.807) is 31.9 Å². The van der Waals surface area contributed by atoms with Gasteiger partial charge in [-0.3, -0.25) is 19.6 Å². The van der Waals surface area contributed by atoms with Crippen molar-refractivity contribution in [2.75, 3.05) is 37.7 Å². The molecule has 52 heavy (non-hydrogen) atoms. The predicted octanol–water partition coefficient (Wildman–Crippen LogP) is 6.31. The third kappa shape index (κ3) is 5.94. The van der Waals surface area contributed by atoms with Gasteiger partial charge in [0, 0.05) is 42.7 Å². The molecule has 0 saturated carbocycles. The van der Waals surface area contributed by atoms with Crippen LogP contribution in [0.25, 0.3) is 32.9 Å². The molecule has 2 aromatic carbocycles. The molecule has 6 heterocycles. The van der Waals surface area contributed by atoms with Gasteiger partial charge in [-0.1, -0.05) is 50.1 Å². The van der Waals surface area contributed by atoms with Crippen LogP contribution in [-0.2, 0) is 14.3 Å². The lowest BCUT2D eigenvalue weighted by Gasteiger charge is -2.41. The van der Waals surface area contributed by atoms with Crippen molar-refractivity contribution in [3.05, 3.63) is 54.0 Å². The van der Waals surface area contributed by atoms with Gasteiger partial charge in [0.15, 0.2) is 5.82 Å². The van der Waals surface area contributed by atoms with Gasteiger partial charge in [0.2, 0.25) is 6.29 Å². The molecule has 270 valence electrons. The van der Waals surface area contributed by atoms with Crippen LogP contribution in [0.3, 0.4) is 0 Å². The molecule has 3 unspecified atom stereocenters. The predicted molar refractivity (Wildman–Crippen MR) is 194 cm³/mol. The van der Waals surface area contributed by atoms with Crippen LogP contribution in [0, 0.1) is 24.1 Å². The number of terminal acetylenes is 1. The number of carbonyl (C=O) groups is 2. The van der Waals surface area contributed by atoms with E-state index in [-0.39, 0.29) is 40.8 Å². The summed E-state index contributed by atoms with van der Waals surface area (Å²) in [4.78, 5) is 46.1. The summed E-state index contributed by atoms with van der Waals surface area (Å²) < 4.78 is 34.3. The summed E-state index contributed by atoms with van der Waals surface area (Å²) in [6, 6.07) is 11.1. The van der Waals surface area contributed by atoms with Crippen LogP contribution >= 0.6 is 0 Å². The third-order valence-electron chi connectivity index (χ3n) is 11.3. The highest BCUT2D eigenvalue weighted by Gasteiger charge is 2.46. The Morgan fingerprint density at radius 3 is 2.42 bits per heavy atom. The minimum absolute atomic E-state index is 0.0548. The Hall–Kier alpha value is -5.02. The zero-order valence-electron chi connectivity index (χ0n) is 29.8. The zero-order valence-corrected chi connectivity index (χ0v) is 29.8. The smallest absolute Gasteiger partial charge is 0.413 e. The van der Waals surface area contributed by atoms with Crippen molar-refractivity contribution in [2.45, 2.75) is 83.2 Å². The Morgan fingerprint density at radius 2 is 1.73 bits per heavy atom. The second kappa shape index (κ2) is 13.5. The van der Waals surface area contributed by atoms with Gasteiger partial charge < -0.3 is 19.1 Å². The van der Waals surface area contributed by atoms with E-state index in [9.17, 15) is 9.59 Å². The average Bonchev–Trinajstić information content (AvgIpc) is 3.80. The minimum Gasteiger partial charge on any atom is -0.461 e. The highest BCUT2D eigenvalue weighted by atomic mass is 19.1. The molecule has 1 amide bonds.